The number of nitrogens with one attached hydrogen (secondary N) is 1. The number of carbonyl (C=O) groups excluding carboxylic acids is 1. The highest BCUT2D eigenvalue weighted by atomic mass is 32.2. The maximum Gasteiger partial charge on any atom is 0.255 e. The molecular weight excluding hydrogens is 316 g/mol. The van der Waals surface area contributed by atoms with Crippen molar-refractivity contribution in [2.75, 3.05) is 26.5 Å². The zero-order valence-electron chi connectivity index (χ0n) is 13.6. The second kappa shape index (κ2) is 7.79. The first kappa shape index (κ1) is 17.7. The Hall–Kier alpha value is -1.60. The molecule has 1 N–H and O–H groups in total. The molecule has 1 amide bonds. The lowest BCUT2D eigenvalue weighted by Crippen LogP contribution is -2.43. The minimum Gasteiger partial charge on any atom is -0.496 e. The van der Waals surface area contributed by atoms with E-state index >= 15 is 0 Å². The van der Waals surface area contributed by atoms with E-state index in [0.29, 0.717) is 17.9 Å². The lowest BCUT2D eigenvalue weighted by Gasteiger charge is -2.26. The van der Waals surface area contributed by atoms with E-state index in [1.54, 1.807) is 24.3 Å². The van der Waals surface area contributed by atoms with Gasteiger partial charge in [-0.15, -0.1) is 0 Å². The van der Waals surface area contributed by atoms with Crippen molar-refractivity contribution < 1.29 is 17.9 Å². The van der Waals surface area contributed by atoms with Crippen LogP contribution in [-0.2, 0) is 10.0 Å². The molecule has 0 spiro atoms. The van der Waals surface area contributed by atoms with Crippen molar-refractivity contribution in [3.63, 3.8) is 0 Å². The number of carbonyl (C=O) groups is 1. The van der Waals surface area contributed by atoms with Gasteiger partial charge in [-0.3, -0.25) is 4.79 Å². The van der Waals surface area contributed by atoms with Gasteiger partial charge in [0.1, 0.15) is 5.75 Å². The number of hydrogen-bond acceptors (Lipinski definition) is 4. The molecule has 1 aliphatic rings. The number of hydrogen-bond donors (Lipinski definition) is 1. The Balaban J connectivity index is 1.95. The van der Waals surface area contributed by atoms with Crippen LogP contribution in [0.1, 0.15) is 36.0 Å². The van der Waals surface area contributed by atoms with E-state index in [1.807, 2.05) is 0 Å². The monoisotopic (exact) mass is 340 g/mol. The van der Waals surface area contributed by atoms with Crippen LogP contribution in [-0.4, -0.2) is 51.1 Å². The summed E-state index contributed by atoms with van der Waals surface area (Å²) in [4.78, 5) is 12.2. The summed E-state index contributed by atoms with van der Waals surface area (Å²) in [5.41, 5.74) is 0.446. The quantitative estimate of drug-likeness (QED) is 0.818. The van der Waals surface area contributed by atoms with Crippen LogP contribution in [0.5, 0.6) is 5.75 Å². The third kappa shape index (κ3) is 4.68. The predicted molar refractivity (Wildman–Crippen MR) is 89.1 cm³/mol. The molecule has 0 bridgehead atoms. The van der Waals surface area contributed by atoms with Gasteiger partial charge in [-0.05, 0) is 25.0 Å². The van der Waals surface area contributed by atoms with E-state index in [0.717, 1.165) is 25.7 Å². The predicted octanol–water partition coefficient (Wildman–Crippen LogP) is 1.63. The summed E-state index contributed by atoms with van der Waals surface area (Å²) in [7, 11) is -1.75. The smallest absolute Gasteiger partial charge is 0.255 e. The third-order valence-electron chi connectivity index (χ3n) is 4.13. The largest absolute Gasteiger partial charge is 0.496 e. The highest BCUT2D eigenvalue weighted by Crippen LogP contribution is 2.25. The second-order valence-electron chi connectivity index (χ2n) is 5.77. The van der Waals surface area contributed by atoms with Crippen molar-refractivity contribution in [3.05, 3.63) is 29.8 Å². The number of ether oxygens (including phenoxy) is 1. The van der Waals surface area contributed by atoms with Crippen molar-refractivity contribution in [2.24, 2.45) is 0 Å². The second-order valence-corrected chi connectivity index (χ2v) is 7.70. The molecule has 0 radical (unpaired) electrons. The van der Waals surface area contributed by atoms with Gasteiger partial charge in [0.25, 0.3) is 5.91 Å². The maximum atomic E-state index is 12.2. The summed E-state index contributed by atoms with van der Waals surface area (Å²) < 4.78 is 30.6. The van der Waals surface area contributed by atoms with E-state index in [2.05, 4.69) is 5.32 Å². The van der Waals surface area contributed by atoms with Crippen LogP contribution in [0.3, 0.4) is 0 Å². The molecule has 1 aromatic rings. The molecule has 2 rings (SSSR count). The Morgan fingerprint density at radius 3 is 2.57 bits per heavy atom. The molecule has 7 heteroatoms. The molecule has 1 aromatic carbocycles. The van der Waals surface area contributed by atoms with E-state index in [1.165, 1.54) is 17.7 Å². The highest BCUT2D eigenvalue weighted by molar-refractivity contribution is 7.88. The first-order valence-corrected chi connectivity index (χ1v) is 9.66. The Morgan fingerprint density at radius 1 is 1.30 bits per heavy atom. The van der Waals surface area contributed by atoms with E-state index < -0.39 is 10.0 Å². The summed E-state index contributed by atoms with van der Waals surface area (Å²) in [5, 5.41) is 2.77. The number of rotatable bonds is 7. The average Bonchev–Trinajstić information content (AvgIpc) is 3.03. The number of sulfonamides is 1. The van der Waals surface area contributed by atoms with Gasteiger partial charge in [0.2, 0.25) is 10.0 Å². The molecule has 0 atom stereocenters. The van der Waals surface area contributed by atoms with Crippen molar-refractivity contribution >= 4 is 15.9 Å². The van der Waals surface area contributed by atoms with E-state index in [4.69, 9.17) is 4.74 Å². The molecule has 0 aliphatic heterocycles. The number of methoxy groups -OCH3 is 1. The number of nitrogens with zero attached hydrogens (tertiary/aromatic N) is 1. The van der Waals surface area contributed by atoms with Gasteiger partial charge in [0.05, 0.1) is 18.9 Å². The number of amides is 1. The average molecular weight is 340 g/mol. The van der Waals surface area contributed by atoms with Crippen LogP contribution < -0.4 is 10.1 Å². The molecule has 0 unspecified atom stereocenters. The molecule has 1 aliphatic carbocycles. The first-order valence-electron chi connectivity index (χ1n) is 7.81. The summed E-state index contributed by atoms with van der Waals surface area (Å²) >= 11 is 0. The molecule has 1 fully saturated rings. The highest BCUT2D eigenvalue weighted by Gasteiger charge is 2.28. The zero-order chi connectivity index (χ0) is 16.9. The molecule has 6 nitrogen and oxygen atoms in total. The standard InChI is InChI=1S/C16H24N2O4S/c1-22-15-10-6-5-9-14(15)16(19)17-11-12-18(23(2,20)21)13-7-3-4-8-13/h5-6,9-10,13H,3-4,7-8,11-12H2,1-2H3,(H,17,19). The van der Waals surface area contributed by atoms with Crippen LogP contribution in [0.25, 0.3) is 0 Å². The molecular formula is C16H24N2O4S. The summed E-state index contributed by atoms with van der Waals surface area (Å²) in [6.07, 6.45) is 5.14. The number of para-hydroxylation sites is 1. The SMILES string of the molecule is COc1ccccc1C(=O)NCCN(C1CCCC1)S(C)(=O)=O. The van der Waals surface area contributed by atoms with Gasteiger partial charge in [-0.2, -0.15) is 4.31 Å². The van der Waals surface area contributed by atoms with Gasteiger partial charge in [0.15, 0.2) is 0 Å². The molecule has 128 valence electrons. The van der Waals surface area contributed by atoms with Crippen molar-refractivity contribution in [1.82, 2.24) is 9.62 Å². The van der Waals surface area contributed by atoms with Gasteiger partial charge in [0, 0.05) is 19.1 Å². The Kier molecular flexibility index (Phi) is 6.01. The van der Waals surface area contributed by atoms with Crippen LogP contribution >= 0.6 is 0 Å². The molecule has 1 saturated carbocycles. The van der Waals surface area contributed by atoms with Gasteiger partial charge >= 0.3 is 0 Å². The fraction of sp³-hybridized carbons (Fsp3) is 0.562. The number of benzene rings is 1. The topological polar surface area (TPSA) is 75.7 Å². The van der Waals surface area contributed by atoms with E-state index in [9.17, 15) is 13.2 Å². The Labute approximate surface area is 137 Å². The third-order valence-corrected chi connectivity index (χ3v) is 5.46. The summed E-state index contributed by atoms with van der Waals surface area (Å²) in [6.45, 7) is 0.574. The van der Waals surface area contributed by atoms with E-state index in [-0.39, 0.29) is 18.5 Å². The molecule has 0 heterocycles. The van der Waals surface area contributed by atoms with Crippen molar-refractivity contribution in [1.29, 1.82) is 0 Å². The summed E-state index contributed by atoms with van der Waals surface area (Å²) in [5.74, 6) is 0.239. The van der Waals surface area contributed by atoms with Crippen LogP contribution in [0.4, 0.5) is 0 Å². The van der Waals surface area contributed by atoms with Gasteiger partial charge < -0.3 is 10.1 Å². The Bertz CT molecular complexity index is 639. The van der Waals surface area contributed by atoms with Gasteiger partial charge in [-0.1, -0.05) is 25.0 Å². The molecule has 0 aromatic heterocycles. The van der Waals surface area contributed by atoms with Crippen molar-refractivity contribution in [2.45, 2.75) is 31.7 Å². The van der Waals surface area contributed by atoms with Gasteiger partial charge in [-0.25, -0.2) is 8.42 Å². The minimum atomic E-state index is -3.27. The lowest BCUT2D eigenvalue weighted by molar-refractivity contribution is 0.0947. The maximum absolute atomic E-state index is 12.2. The minimum absolute atomic E-state index is 0.0631. The molecule has 23 heavy (non-hydrogen) atoms. The lowest BCUT2D eigenvalue weighted by atomic mass is 10.2. The fourth-order valence-electron chi connectivity index (χ4n) is 3.02. The normalized spacial score (nSPS) is 15.8. The zero-order valence-corrected chi connectivity index (χ0v) is 14.4. The first-order chi connectivity index (χ1) is 10.9. The summed E-state index contributed by atoms with van der Waals surface area (Å²) in [6, 6.07) is 7.02. The Morgan fingerprint density at radius 2 is 1.96 bits per heavy atom. The molecule has 0 saturated heterocycles. The van der Waals surface area contributed by atoms with Crippen LogP contribution in [0, 0.1) is 0 Å². The van der Waals surface area contributed by atoms with Crippen LogP contribution in [0.15, 0.2) is 24.3 Å². The fourth-order valence-corrected chi connectivity index (χ4v) is 4.19. The van der Waals surface area contributed by atoms with Crippen molar-refractivity contribution in [3.8, 4) is 5.75 Å². The van der Waals surface area contributed by atoms with Crippen LogP contribution in [0.2, 0.25) is 0 Å².